The van der Waals surface area contributed by atoms with E-state index in [0.29, 0.717) is 6.42 Å². The van der Waals surface area contributed by atoms with Crippen molar-refractivity contribution in [3.63, 3.8) is 0 Å². The quantitative estimate of drug-likeness (QED) is 0.731. The van der Waals surface area contributed by atoms with E-state index >= 15 is 0 Å². The van der Waals surface area contributed by atoms with Crippen LogP contribution in [0.5, 0.6) is 0 Å². The standard InChI is InChI=1S/C13H25N3O2/c1-3-4-7-11(14)12(17)15-10(2)13(18)16-8-5-6-9-16/h10-11H,3-9,14H2,1-2H3,(H,15,17). The Morgan fingerprint density at radius 3 is 2.50 bits per heavy atom. The Hall–Kier alpha value is -1.10. The molecule has 1 fully saturated rings. The summed E-state index contributed by atoms with van der Waals surface area (Å²) in [6, 6.07) is -0.970. The number of rotatable bonds is 6. The predicted molar refractivity (Wildman–Crippen MR) is 70.9 cm³/mol. The van der Waals surface area contributed by atoms with Gasteiger partial charge in [0.25, 0.3) is 0 Å². The second-order valence-corrected chi connectivity index (χ2v) is 5.01. The van der Waals surface area contributed by atoms with E-state index < -0.39 is 12.1 Å². The predicted octanol–water partition coefficient (Wildman–Crippen LogP) is 0.631. The molecule has 3 N–H and O–H groups in total. The number of carbonyl (C=O) groups excluding carboxylic acids is 2. The molecular formula is C13H25N3O2. The van der Waals surface area contributed by atoms with Gasteiger partial charge in [-0.2, -0.15) is 0 Å². The summed E-state index contributed by atoms with van der Waals surface area (Å²) in [5.41, 5.74) is 5.77. The van der Waals surface area contributed by atoms with Crippen LogP contribution in [-0.4, -0.2) is 41.9 Å². The van der Waals surface area contributed by atoms with Crippen molar-refractivity contribution in [1.82, 2.24) is 10.2 Å². The summed E-state index contributed by atoms with van der Waals surface area (Å²) in [5.74, 6) is -0.216. The molecule has 0 radical (unpaired) electrons. The largest absolute Gasteiger partial charge is 0.343 e. The molecule has 2 amide bonds. The van der Waals surface area contributed by atoms with Crippen molar-refractivity contribution in [1.29, 1.82) is 0 Å². The smallest absolute Gasteiger partial charge is 0.244 e. The zero-order valence-corrected chi connectivity index (χ0v) is 11.4. The topological polar surface area (TPSA) is 75.4 Å². The van der Waals surface area contributed by atoms with E-state index in [1.807, 2.05) is 4.90 Å². The lowest BCUT2D eigenvalue weighted by molar-refractivity contribution is -0.135. The molecule has 0 aromatic carbocycles. The highest BCUT2D eigenvalue weighted by molar-refractivity contribution is 5.89. The van der Waals surface area contributed by atoms with Gasteiger partial charge in [-0.15, -0.1) is 0 Å². The summed E-state index contributed by atoms with van der Waals surface area (Å²) >= 11 is 0. The normalized spacial score (nSPS) is 18.5. The van der Waals surface area contributed by atoms with Crippen molar-refractivity contribution in [2.24, 2.45) is 5.73 Å². The molecule has 1 rings (SSSR count). The van der Waals surface area contributed by atoms with Crippen molar-refractivity contribution in [2.75, 3.05) is 13.1 Å². The van der Waals surface area contributed by atoms with Crippen LogP contribution in [0.15, 0.2) is 0 Å². The molecular weight excluding hydrogens is 230 g/mol. The summed E-state index contributed by atoms with van der Waals surface area (Å²) < 4.78 is 0. The van der Waals surface area contributed by atoms with Gasteiger partial charge in [0.1, 0.15) is 6.04 Å². The number of hydrogen-bond acceptors (Lipinski definition) is 3. The Bertz CT molecular complexity index is 288. The fourth-order valence-electron chi connectivity index (χ4n) is 2.15. The van der Waals surface area contributed by atoms with Crippen molar-refractivity contribution < 1.29 is 9.59 Å². The van der Waals surface area contributed by atoms with Gasteiger partial charge in [-0.05, 0) is 26.2 Å². The number of unbranched alkanes of at least 4 members (excludes halogenated alkanes) is 1. The van der Waals surface area contributed by atoms with Gasteiger partial charge < -0.3 is 16.0 Å². The lowest BCUT2D eigenvalue weighted by Gasteiger charge is -2.22. The molecule has 0 aromatic heterocycles. The molecule has 1 saturated heterocycles. The zero-order chi connectivity index (χ0) is 13.5. The van der Waals surface area contributed by atoms with E-state index in [9.17, 15) is 9.59 Å². The van der Waals surface area contributed by atoms with Crippen molar-refractivity contribution >= 4 is 11.8 Å². The monoisotopic (exact) mass is 255 g/mol. The van der Waals surface area contributed by atoms with E-state index in [1.54, 1.807) is 6.92 Å². The maximum atomic E-state index is 12.0. The molecule has 1 aliphatic heterocycles. The molecule has 2 unspecified atom stereocenters. The SMILES string of the molecule is CCCCC(N)C(=O)NC(C)C(=O)N1CCCC1. The Morgan fingerprint density at radius 2 is 1.94 bits per heavy atom. The lowest BCUT2D eigenvalue weighted by atomic mass is 10.1. The average molecular weight is 255 g/mol. The van der Waals surface area contributed by atoms with E-state index in [1.165, 1.54) is 0 Å². The van der Waals surface area contributed by atoms with E-state index in [0.717, 1.165) is 38.8 Å². The summed E-state index contributed by atoms with van der Waals surface area (Å²) in [7, 11) is 0. The fourth-order valence-corrected chi connectivity index (χ4v) is 2.15. The highest BCUT2D eigenvalue weighted by Gasteiger charge is 2.25. The second kappa shape index (κ2) is 7.36. The van der Waals surface area contributed by atoms with Gasteiger partial charge in [0, 0.05) is 13.1 Å². The first-order chi connectivity index (χ1) is 8.56. The highest BCUT2D eigenvalue weighted by Crippen LogP contribution is 2.09. The number of amides is 2. The maximum Gasteiger partial charge on any atom is 0.244 e. The van der Waals surface area contributed by atoms with E-state index in [-0.39, 0.29) is 11.8 Å². The van der Waals surface area contributed by atoms with Crippen LogP contribution in [0, 0.1) is 0 Å². The van der Waals surface area contributed by atoms with Gasteiger partial charge in [0.15, 0.2) is 0 Å². The molecule has 5 heteroatoms. The van der Waals surface area contributed by atoms with Gasteiger partial charge >= 0.3 is 0 Å². The van der Waals surface area contributed by atoms with Crippen LogP contribution in [0.25, 0.3) is 0 Å². The second-order valence-electron chi connectivity index (χ2n) is 5.01. The summed E-state index contributed by atoms with van der Waals surface area (Å²) in [4.78, 5) is 25.6. The number of nitrogens with zero attached hydrogens (tertiary/aromatic N) is 1. The number of hydrogen-bond donors (Lipinski definition) is 2. The van der Waals surface area contributed by atoms with Gasteiger partial charge in [0.05, 0.1) is 6.04 Å². The summed E-state index contributed by atoms with van der Waals surface area (Å²) in [6.45, 7) is 5.40. The number of nitrogens with two attached hydrogens (primary N) is 1. The van der Waals surface area contributed by atoms with Gasteiger partial charge in [-0.3, -0.25) is 9.59 Å². The first-order valence-corrected chi connectivity index (χ1v) is 6.91. The Kier molecular flexibility index (Phi) is 6.12. The minimum atomic E-state index is -0.501. The van der Waals surface area contributed by atoms with Crippen molar-refractivity contribution in [3.8, 4) is 0 Å². The Balaban J connectivity index is 2.35. The van der Waals surface area contributed by atoms with Crippen LogP contribution < -0.4 is 11.1 Å². The molecule has 18 heavy (non-hydrogen) atoms. The van der Waals surface area contributed by atoms with Crippen LogP contribution in [0.3, 0.4) is 0 Å². The van der Waals surface area contributed by atoms with Crippen molar-refractivity contribution in [2.45, 2.75) is 58.0 Å². The molecule has 1 aliphatic rings. The molecule has 2 atom stereocenters. The summed E-state index contributed by atoms with van der Waals surface area (Å²) in [6.07, 6.45) is 4.74. The molecule has 104 valence electrons. The van der Waals surface area contributed by atoms with E-state index in [2.05, 4.69) is 12.2 Å². The number of nitrogens with one attached hydrogen (secondary N) is 1. The van der Waals surface area contributed by atoms with Crippen molar-refractivity contribution in [3.05, 3.63) is 0 Å². The van der Waals surface area contributed by atoms with Gasteiger partial charge in [-0.1, -0.05) is 19.8 Å². The van der Waals surface area contributed by atoms with Crippen LogP contribution in [0.4, 0.5) is 0 Å². The molecule has 0 aromatic rings. The van der Waals surface area contributed by atoms with Gasteiger partial charge in [0.2, 0.25) is 11.8 Å². The average Bonchev–Trinajstić information content (AvgIpc) is 2.88. The van der Waals surface area contributed by atoms with Crippen LogP contribution >= 0.6 is 0 Å². The molecule has 0 aliphatic carbocycles. The number of likely N-dealkylation sites (tertiary alicyclic amines) is 1. The third kappa shape index (κ3) is 4.29. The van der Waals surface area contributed by atoms with Crippen LogP contribution in [0.1, 0.15) is 46.0 Å². The van der Waals surface area contributed by atoms with Gasteiger partial charge in [-0.25, -0.2) is 0 Å². The zero-order valence-electron chi connectivity index (χ0n) is 11.4. The number of carbonyl (C=O) groups is 2. The van der Waals surface area contributed by atoms with Crippen LogP contribution in [0.2, 0.25) is 0 Å². The Labute approximate surface area is 109 Å². The first kappa shape index (κ1) is 15.0. The minimum absolute atomic E-state index is 0.00328. The fraction of sp³-hybridized carbons (Fsp3) is 0.846. The first-order valence-electron chi connectivity index (χ1n) is 6.91. The highest BCUT2D eigenvalue weighted by atomic mass is 16.2. The molecule has 1 heterocycles. The Morgan fingerprint density at radius 1 is 1.33 bits per heavy atom. The summed E-state index contributed by atoms with van der Waals surface area (Å²) in [5, 5.41) is 2.71. The third-order valence-electron chi connectivity index (χ3n) is 3.35. The lowest BCUT2D eigenvalue weighted by Crippen LogP contribution is -2.50. The molecule has 0 saturated carbocycles. The molecule has 0 bridgehead atoms. The third-order valence-corrected chi connectivity index (χ3v) is 3.35. The molecule has 0 spiro atoms. The maximum absolute atomic E-state index is 12.0. The molecule has 5 nitrogen and oxygen atoms in total. The van der Waals surface area contributed by atoms with E-state index in [4.69, 9.17) is 5.73 Å². The van der Waals surface area contributed by atoms with Crippen LogP contribution in [-0.2, 0) is 9.59 Å². The minimum Gasteiger partial charge on any atom is -0.343 e.